The third-order valence-corrected chi connectivity index (χ3v) is 3.04. The monoisotopic (exact) mass is 266 g/mol. The molecule has 0 atom stereocenters. The van der Waals surface area contributed by atoms with Crippen molar-refractivity contribution < 1.29 is 14.3 Å². The van der Waals surface area contributed by atoms with Crippen LogP contribution in [0.3, 0.4) is 0 Å². The van der Waals surface area contributed by atoms with E-state index < -0.39 is 0 Å². The van der Waals surface area contributed by atoms with Crippen molar-refractivity contribution in [1.29, 1.82) is 0 Å². The van der Waals surface area contributed by atoms with Gasteiger partial charge in [0.15, 0.2) is 18.3 Å². The molecule has 0 saturated carbocycles. The highest BCUT2D eigenvalue weighted by atomic mass is 35.5. The van der Waals surface area contributed by atoms with Crippen molar-refractivity contribution in [3.8, 4) is 5.75 Å². The van der Waals surface area contributed by atoms with Gasteiger partial charge < -0.3 is 4.74 Å². The number of carbonyl (C=O) groups excluding carboxylic acids is 2. The summed E-state index contributed by atoms with van der Waals surface area (Å²) in [5.74, 6) is 0.0623. The van der Waals surface area contributed by atoms with Crippen LogP contribution in [0.5, 0.6) is 5.75 Å². The molecule has 0 aromatic heterocycles. The molecule has 3 nitrogen and oxygen atoms in total. The molecule has 0 aliphatic rings. The maximum absolute atomic E-state index is 10.8. The first-order chi connectivity index (χ1) is 7.08. The zero-order valence-electron chi connectivity index (χ0n) is 7.51. The summed E-state index contributed by atoms with van der Waals surface area (Å²) in [7, 11) is 1.32. The van der Waals surface area contributed by atoms with Crippen molar-refractivity contribution in [1.82, 2.24) is 0 Å². The largest absolute Gasteiger partial charge is 0.494 e. The maximum atomic E-state index is 10.8. The highest BCUT2D eigenvalue weighted by Crippen LogP contribution is 2.41. The predicted octanol–water partition coefficient (Wildman–Crippen LogP) is 3.28. The number of rotatable bonds is 3. The lowest BCUT2D eigenvalue weighted by molar-refractivity contribution is 0.112. The first kappa shape index (κ1) is 12.3. The van der Waals surface area contributed by atoms with E-state index in [2.05, 4.69) is 0 Å². The Balaban J connectivity index is 3.72. The lowest BCUT2D eigenvalue weighted by atomic mass is 10.1. The van der Waals surface area contributed by atoms with Crippen molar-refractivity contribution in [2.75, 3.05) is 7.11 Å². The van der Waals surface area contributed by atoms with E-state index in [0.717, 1.165) is 0 Å². The van der Waals surface area contributed by atoms with Crippen LogP contribution in [0.4, 0.5) is 0 Å². The van der Waals surface area contributed by atoms with Crippen molar-refractivity contribution in [3.05, 3.63) is 26.2 Å². The highest BCUT2D eigenvalue weighted by Gasteiger charge is 2.21. The number of benzene rings is 1. The number of ether oxygens (including phenoxy) is 1. The van der Waals surface area contributed by atoms with Crippen LogP contribution in [0.1, 0.15) is 20.7 Å². The summed E-state index contributed by atoms with van der Waals surface area (Å²) in [5.41, 5.74) is -0.0121. The molecule has 0 heterocycles. The van der Waals surface area contributed by atoms with Crippen molar-refractivity contribution in [3.63, 3.8) is 0 Å². The molecule has 0 aliphatic heterocycles. The second-order valence-electron chi connectivity index (χ2n) is 2.54. The number of hydrogen-bond donors (Lipinski definition) is 0. The van der Waals surface area contributed by atoms with Crippen LogP contribution >= 0.6 is 34.8 Å². The number of hydrogen-bond acceptors (Lipinski definition) is 3. The Morgan fingerprint density at radius 1 is 0.933 bits per heavy atom. The van der Waals surface area contributed by atoms with E-state index in [0.29, 0.717) is 12.6 Å². The molecule has 0 radical (unpaired) electrons. The van der Waals surface area contributed by atoms with Gasteiger partial charge in [-0.05, 0) is 0 Å². The van der Waals surface area contributed by atoms with Gasteiger partial charge in [0.1, 0.15) is 5.02 Å². The minimum Gasteiger partial charge on any atom is -0.494 e. The van der Waals surface area contributed by atoms with Gasteiger partial charge in [0, 0.05) is 0 Å². The molecule has 6 heteroatoms. The van der Waals surface area contributed by atoms with Crippen LogP contribution in [0.15, 0.2) is 0 Å². The standard InChI is InChI=1S/C9H5Cl3O3/c1-15-9-5(3-14)6(10)4(2-13)7(11)8(9)12/h2-3H,1H3. The SMILES string of the molecule is COc1c(Cl)c(Cl)c(C=O)c(Cl)c1C=O. The average molecular weight is 267 g/mol. The second kappa shape index (κ2) is 4.84. The normalized spacial score (nSPS) is 9.87. The molecule has 15 heavy (non-hydrogen) atoms. The van der Waals surface area contributed by atoms with E-state index in [4.69, 9.17) is 39.5 Å². The Morgan fingerprint density at radius 2 is 1.47 bits per heavy atom. The molecule has 0 aliphatic carbocycles. The summed E-state index contributed by atoms with van der Waals surface area (Å²) in [4.78, 5) is 21.4. The van der Waals surface area contributed by atoms with Gasteiger partial charge in [0.25, 0.3) is 0 Å². The molecule has 1 aromatic rings. The Morgan fingerprint density at radius 3 is 1.87 bits per heavy atom. The van der Waals surface area contributed by atoms with Gasteiger partial charge in [-0.3, -0.25) is 9.59 Å². The molecule has 0 amide bonds. The second-order valence-corrected chi connectivity index (χ2v) is 3.67. The molecule has 0 N–H and O–H groups in total. The lowest BCUT2D eigenvalue weighted by Crippen LogP contribution is -1.98. The molecule has 0 unspecified atom stereocenters. The summed E-state index contributed by atoms with van der Waals surface area (Å²) in [6, 6.07) is 0. The van der Waals surface area contributed by atoms with Crippen LogP contribution in [0.2, 0.25) is 15.1 Å². The smallest absolute Gasteiger partial charge is 0.155 e. The quantitative estimate of drug-likeness (QED) is 0.623. The summed E-state index contributed by atoms with van der Waals surface area (Å²) >= 11 is 17.4. The lowest BCUT2D eigenvalue weighted by Gasteiger charge is -2.11. The third-order valence-electron chi connectivity index (χ3n) is 1.79. The zero-order valence-corrected chi connectivity index (χ0v) is 9.78. The van der Waals surface area contributed by atoms with E-state index in [1.807, 2.05) is 0 Å². The fourth-order valence-electron chi connectivity index (χ4n) is 1.09. The fourth-order valence-corrected chi connectivity index (χ4v) is 1.91. The van der Waals surface area contributed by atoms with E-state index in [-0.39, 0.29) is 31.9 Å². The van der Waals surface area contributed by atoms with E-state index in [9.17, 15) is 9.59 Å². The third kappa shape index (κ3) is 1.95. The first-order valence-electron chi connectivity index (χ1n) is 3.73. The van der Waals surface area contributed by atoms with E-state index in [1.54, 1.807) is 0 Å². The molecule has 1 rings (SSSR count). The molecule has 0 saturated heterocycles. The minimum atomic E-state index is -0.0637. The van der Waals surface area contributed by atoms with Crippen LogP contribution in [-0.4, -0.2) is 19.7 Å². The van der Waals surface area contributed by atoms with Crippen LogP contribution in [-0.2, 0) is 0 Å². The van der Waals surface area contributed by atoms with Crippen molar-refractivity contribution in [2.24, 2.45) is 0 Å². The van der Waals surface area contributed by atoms with Gasteiger partial charge >= 0.3 is 0 Å². The van der Waals surface area contributed by atoms with Crippen LogP contribution in [0, 0.1) is 0 Å². The number of aldehydes is 2. The number of halogens is 3. The van der Waals surface area contributed by atoms with Crippen LogP contribution < -0.4 is 4.74 Å². The van der Waals surface area contributed by atoms with E-state index in [1.165, 1.54) is 7.11 Å². The Kier molecular flexibility index (Phi) is 3.97. The summed E-state index contributed by atoms with van der Waals surface area (Å²) < 4.78 is 4.88. The Hall–Kier alpha value is -0.770. The number of methoxy groups -OCH3 is 1. The van der Waals surface area contributed by atoms with Gasteiger partial charge in [0.05, 0.1) is 28.3 Å². The van der Waals surface area contributed by atoms with Crippen molar-refractivity contribution >= 4 is 47.4 Å². The summed E-state index contributed by atoms with van der Waals surface area (Å²) in [6.45, 7) is 0. The average Bonchev–Trinajstić information content (AvgIpc) is 2.23. The Labute approximate surface area is 101 Å². The molecule has 0 spiro atoms. The highest BCUT2D eigenvalue weighted by molar-refractivity contribution is 6.47. The zero-order chi connectivity index (χ0) is 11.6. The van der Waals surface area contributed by atoms with E-state index >= 15 is 0 Å². The molecule has 80 valence electrons. The van der Waals surface area contributed by atoms with Crippen LogP contribution in [0.25, 0.3) is 0 Å². The fraction of sp³-hybridized carbons (Fsp3) is 0.111. The molecule has 0 bridgehead atoms. The van der Waals surface area contributed by atoms with Gasteiger partial charge in [-0.1, -0.05) is 34.8 Å². The topological polar surface area (TPSA) is 43.4 Å². The molecule has 0 fully saturated rings. The minimum absolute atomic E-state index is 0.00670. The van der Waals surface area contributed by atoms with Gasteiger partial charge in [-0.2, -0.15) is 0 Å². The number of carbonyl (C=O) groups is 2. The van der Waals surface area contributed by atoms with Gasteiger partial charge in [0.2, 0.25) is 0 Å². The van der Waals surface area contributed by atoms with Crippen molar-refractivity contribution in [2.45, 2.75) is 0 Å². The summed E-state index contributed by atoms with van der Waals surface area (Å²) in [6.07, 6.45) is 0.888. The van der Waals surface area contributed by atoms with Gasteiger partial charge in [-0.15, -0.1) is 0 Å². The Bertz CT molecular complexity index is 429. The molecule has 1 aromatic carbocycles. The van der Waals surface area contributed by atoms with Gasteiger partial charge in [-0.25, -0.2) is 0 Å². The summed E-state index contributed by atoms with van der Waals surface area (Å²) in [5, 5.41) is -0.0990. The predicted molar refractivity (Wildman–Crippen MR) is 58.8 cm³/mol. The first-order valence-corrected chi connectivity index (χ1v) is 4.86. The maximum Gasteiger partial charge on any atom is 0.155 e. The molecular formula is C9H5Cl3O3. The molecular weight excluding hydrogens is 262 g/mol.